The van der Waals surface area contributed by atoms with Crippen LogP contribution in [0.2, 0.25) is 0 Å². The molecule has 4 nitrogen and oxygen atoms in total. The van der Waals surface area contributed by atoms with Gasteiger partial charge in [-0.25, -0.2) is 4.79 Å². The Morgan fingerprint density at radius 3 is 2.78 bits per heavy atom. The number of H-pyrrole nitrogens is 1. The van der Waals surface area contributed by atoms with Crippen molar-refractivity contribution in [2.75, 3.05) is 6.61 Å². The molecule has 0 bridgehead atoms. The molecular weight excluding hydrogens is 230 g/mol. The van der Waals surface area contributed by atoms with Crippen LogP contribution in [-0.4, -0.2) is 23.2 Å². The molecule has 2 aromatic rings. The van der Waals surface area contributed by atoms with E-state index in [1.165, 1.54) is 0 Å². The molecule has 2 rings (SSSR count). The van der Waals surface area contributed by atoms with Gasteiger partial charge in [0.15, 0.2) is 6.61 Å². The molecule has 1 N–H and O–H groups in total. The minimum atomic E-state index is -0.482. The third-order valence-corrected chi connectivity index (χ3v) is 2.30. The number of benzene rings is 1. The lowest BCUT2D eigenvalue weighted by Crippen LogP contribution is -2.27. The summed E-state index contributed by atoms with van der Waals surface area (Å²) in [6, 6.07) is 7.61. The highest BCUT2D eigenvalue weighted by molar-refractivity contribution is 5.80. The number of fused-ring (bicyclic) bond motifs is 1. The highest BCUT2D eigenvalue weighted by Crippen LogP contribution is 2.19. The molecule has 1 heterocycles. The molecule has 96 valence electrons. The number of esters is 1. The van der Waals surface area contributed by atoms with Gasteiger partial charge in [-0.2, -0.15) is 0 Å². The van der Waals surface area contributed by atoms with E-state index in [9.17, 15) is 4.79 Å². The van der Waals surface area contributed by atoms with Gasteiger partial charge in [-0.15, -0.1) is 0 Å². The Labute approximate surface area is 106 Å². The summed E-state index contributed by atoms with van der Waals surface area (Å²) < 4.78 is 10.6. The molecule has 0 aliphatic heterocycles. The minimum absolute atomic E-state index is 0.0799. The molecule has 0 saturated heterocycles. The lowest BCUT2D eigenvalue weighted by Gasteiger charge is -2.19. The number of carbonyl (C=O) groups excluding carboxylic acids is 1. The van der Waals surface area contributed by atoms with E-state index in [0.717, 1.165) is 10.9 Å². The SMILES string of the molecule is CC(C)(C)OC(=O)COc1ccc2cc[nH]c2c1. The van der Waals surface area contributed by atoms with Crippen molar-refractivity contribution in [3.05, 3.63) is 30.5 Å². The van der Waals surface area contributed by atoms with Gasteiger partial charge >= 0.3 is 5.97 Å². The smallest absolute Gasteiger partial charge is 0.344 e. The van der Waals surface area contributed by atoms with Crippen LogP contribution in [0.15, 0.2) is 30.5 Å². The fraction of sp³-hybridized carbons (Fsp3) is 0.357. The topological polar surface area (TPSA) is 51.3 Å². The third kappa shape index (κ3) is 3.26. The van der Waals surface area contributed by atoms with Gasteiger partial charge in [-0.1, -0.05) is 0 Å². The molecule has 0 fully saturated rings. The molecule has 0 aliphatic carbocycles. The zero-order valence-corrected chi connectivity index (χ0v) is 10.8. The Hall–Kier alpha value is -1.97. The first-order valence-corrected chi connectivity index (χ1v) is 5.86. The molecule has 4 heteroatoms. The lowest BCUT2D eigenvalue weighted by molar-refractivity contribution is -0.157. The summed E-state index contributed by atoms with van der Waals surface area (Å²) in [5.74, 6) is 0.282. The van der Waals surface area contributed by atoms with Crippen LogP contribution < -0.4 is 4.74 Å². The van der Waals surface area contributed by atoms with E-state index < -0.39 is 5.60 Å². The van der Waals surface area contributed by atoms with Gasteiger partial charge in [-0.05, 0) is 44.4 Å². The molecule has 0 spiro atoms. The molecular formula is C14H17NO3. The highest BCUT2D eigenvalue weighted by atomic mass is 16.6. The molecule has 0 saturated carbocycles. The Morgan fingerprint density at radius 2 is 2.06 bits per heavy atom. The van der Waals surface area contributed by atoms with Crippen molar-refractivity contribution >= 4 is 16.9 Å². The van der Waals surface area contributed by atoms with Crippen molar-refractivity contribution in [2.24, 2.45) is 0 Å². The number of aromatic nitrogens is 1. The zero-order valence-electron chi connectivity index (χ0n) is 10.8. The van der Waals surface area contributed by atoms with Gasteiger partial charge in [0.1, 0.15) is 11.4 Å². The fourth-order valence-corrected chi connectivity index (χ4v) is 1.63. The monoisotopic (exact) mass is 247 g/mol. The number of ether oxygens (including phenoxy) is 2. The predicted molar refractivity (Wildman–Crippen MR) is 69.6 cm³/mol. The quantitative estimate of drug-likeness (QED) is 0.848. The van der Waals surface area contributed by atoms with Crippen LogP contribution in [0.4, 0.5) is 0 Å². The maximum atomic E-state index is 11.5. The Balaban J connectivity index is 1.95. The molecule has 1 aromatic heterocycles. The Bertz CT molecular complexity index is 551. The van der Waals surface area contributed by atoms with E-state index in [1.807, 2.05) is 51.2 Å². The van der Waals surface area contributed by atoms with Crippen molar-refractivity contribution in [2.45, 2.75) is 26.4 Å². The molecule has 0 radical (unpaired) electrons. The number of hydrogen-bond donors (Lipinski definition) is 1. The van der Waals surface area contributed by atoms with Crippen LogP contribution >= 0.6 is 0 Å². The van der Waals surface area contributed by atoms with Crippen LogP contribution in [0.5, 0.6) is 5.75 Å². The van der Waals surface area contributed by atoms with Crippen molar-refractivity contribution < 1.29 is 14.3 Å². The molecule has 0 amide bonds. The van der Waals surface area contributed by atoms with E-state index in [-0.39, 0.29) is 12.6 Å². The summed E-state index contributed by atoms with van der Waals surface area (Å²) in [6.07, 6.45) is 1.86. The highest BCUT2D eigenvalue weighted by Gasteiger charge is 2.16. The summed E-state index contributed by atoms with van der Waals surface area (Å²) in [4.78, 5) is 14.6. The van der Waals surface area contributed by atoms with E-state index in [2.05, 4.69) is 4.98 Å². The van der Waals surface area contributed by atoms with E-state index in [4.69, 9.17) is 9.47 Å². The normalized spacial score (nSPS) is 11.5. The zero-order chi connectivity index (χ0) is 13.2. The van der Waals surface area contributed by atoms with Gasteiger partial charge in [0.05, 0.1) is 0 Å². The standard InChI is InChI=1S/C14H17NO3/c1-14(2,3)18-13(16)9-17-11-5-4-10-6-7-15-12(10)8-11/h4-8,15H,9H2,1-3H3. The van der Waals surface area contributed by atoms with Crippen LogP contribution in [0, 0.1) is 0 Å². The maximum absolute atomic E-state index is 11.5. The van der Waals surface area contributed by atoms with E-state index in [0.29, 0.717) is 5.75 Å². The van der Waals surface area contributed by atoms with E-state index >= 15 is 0 Å². The number of nitrogens with one attached hydrogen (secondary N) is 1. The third-order valence-electron chi connectivity index (χ3n) is 2.30. The number of hydrogen-bond acceptors (Lipinski definition) is 3. The molecule has 18 heavy (non-hydrogen) atoms. The van der Waals surface area contributed by atoms with Gasteiger partial charge in [0.25, 0.3) is 0 Å². The summed E-state index contributed by atoms with van der Waals surface area (Å²) in [7, 11) is 0. The summed E-state index contributed by atoms with van der Waals surface area (Å²) >= 11 is 0. The summed E-state index contributed by atoms with van der Waals surface area (Å²) in [6.45, 7) is 5.41. The molecule has 0 unspecified atom stereocenters. The van der Waals surface area contributed by atoms with Crippen molar-refractivity contribution in [1.29, 1.82) is 0 Å². The van der Waals surface area contributed by atoms with Crippen molar-refractivity contribution in [3.8, 4) is 5.75 Å². The maximum Gasteiger partial charge on any atom is 0.344 e. The Morgan fingerprint density at radius 1 is 1.28 bits per heavy atom. The second-order valence-corrected chi connectivity index (χ2v) is 5.10. The minimum Gasteiger partial charge on any atom is -0.482 e. The largest absolute Gasteiger partial charge is 0.482 e. The first-order valence-electron chi connectivity index (χ1n) is 5.86. The first-order chi connectivity index (χ1) is 8.44. The van der Waals surface area contributed by atoms with Crippen LogP contribution in [0.1, 0.15) is 20.8 Å². The van der Waals surface area contributed by atoms with Gasteiger partial charge in [0, 0.05) is 17.8 Å². The second-order valence-electron chi connectivity index (χ2n) is 5.10. The molecule has 0 atom stereocenters. The van der Waals surface area contributed by atoms with Gasteiger partial charge in [0.2, 0.25) is 0 Å². The lowest BCUT2D eigenvalue weighted by atomic mass is 10.2. The van der Waals surface area contributed by atoms with Crippen LogP contribution in [0.3, 0.4) is 0 Å². The average Bonchev–Trinajstić information content (AvgIpc) is 2.71. The van der Waals surface area contributed by atoms with Crippen molar-refractivity contribution in [1.82, 2.24) is 4.98 Å². The predicted octanol–water partition coefficient (Wildman–Crippen LogP) is 2.89. The summed E-state index contributed by atoms with van der Waals surface area (Å²) in [5, 5.41) is 1.11. The number of aromatic amines is 1. The molecule has 1 aromatic carbocycles. The summed E-state index contributed by atoms with van der Waals surface area (Å²) in [5.41, 5.74) is 0.501. The van der Waals surface area contributed by atoms with Gasteiger partial charge in [-0.3, -0.25) is 0 Å². The van der Waals surface area contributed by atoms with Gasteiger partial charge < -0.3 is 14.5 Å². The average molecular weight is 247 g/mol. The number of carbonyl (C=O) groups is 1. The first kappa shape index (κ1) is 12.5. The van der Waals surface area contributed by atoms with Crippen molar-refractivity contribution in [3.63, 3.8) is 0 Å². The Kier molecular flexibility index (Phi) is 3.28. The molecule has 0 aliphatic rings. The van der Waals surface area contributed by atoms with Crippen LogP contribution in [0.25, 0.3) is 10.9 Å². The fourth-order valence-electron chi connectivity index (χ4n) is 1.63. The van der Waals surface area contributed by atoms with E-state index in [1.54, 1.807) is 0 Å². The second kappa shape index (κ2) is 4.72. The number of rotatable bonds is 3. The van der Waals surface area contributed by atoms with Crippen LogP contribution in [-0.2, 0) is 9.53 Å².